The van der Waals surface area contributed by atoms with Gasteiger partial charge >= 0.3 is 11.9 Å². The van der Waals surface area contributed by atoms with Crippen molar-refractivity contribution in [1.29, 1.82) is 0 Å². The highest BCUT2D eigenvalue weighted by atomic mass is 16.5. The zero-order valence-corrected chi connectivity index (χ0v) is 19.4. The maximum Gasteiger partial charge on any atom is 0.378 e. The highest BCUT2D eigenvalue weighted by molar-refractivity contribution is 6.00. The number of nitrogens with zero attached hydrogens (tertiary/aromatic N) is 5. The van der Waals surface area contributed by atoms with Gasteiger partial charge in [0.05, 0.1) is 12.7 Å². The summed E-state index contributed by atoms with van der Waals surface area (Å²) in [6.45, 7) is 6.86. The fraction of sp³-hybridized carbons (Fsp3) is 0.250. The summed E-state index contributed by atoms with van der Waals surface area (Å²) >= 11 is 0. The van der Waals surface area contributed by atoms with Gasteiger partial charge in [-0.2, -0.15) is 4.98 Å². The quantitative estimate of drug-likeness (QED) is 0.318. The number of hydrogen-bond donors (Lipinski definition) is 0. The first-order valence-corrected chi connectivity index (χ1v) is 10.5. The SMILES string of the molecule is COC(=O)c1ccc(-n2c(C)cc(C(=O)COC(=O)c3nc4nc(C)cc(C)n4n3)c2C)cc1. The van der Waals surface area contributed by atoms with Crippen molar-refractivity contribution in [3.8, 4) is 5.69 Å². The van der Waals surface area contributed by atoms with Gasteiger partial charge in [-0.15, -0.1) is 5.10 Å². The third kappa shape index (κ3) is 4.17. The van der Waals surface area contributed by atoms with E-state index in [9.17, 15) is 14.4 Å². The lowest BCUT2D eigenvalue weighted by molar-refractivity contribution is 0.0462. The molecule has 0 unspecified atom stereocenters. The molecule has 0 aliphatic carbocycles. The van der Waals surface area contributed by atoms with E-state index in [2.05, 4.69) is 15.1 Å². The molecule has 0 saturated heterocycles. The normalized spacial score (nSPS) is 11.0. The molecule has 10 nitrogen and oxygen atoms in total. The topological polar surface area (TPSA) is 118 Å². The maximum absolute atomic E-state index is 12.8. The van der Waals surface area contributed by atoms with Gasteiger partial charge in [0.1, 0.15) is 0 Å². The number of fused-ring (bicyclic) bond motifs is 1. The Morgan fingerprint density at radius 2 is 1.62 bits per heavy atom. The van der Waals surface area contributed by atoms with Crippen LogP contribution in [-0.4, -0.2) is 55.6 Å². The van der Waals surface area contributed by atoms with Gasteiger partial charge in [-0.1, -0.05) is 0 Å². The van der Waals surface area contributed by atoms with E-state index in [1.165, 1.54) is 11.6 Å². The first-order chi connectivity index (χ1) is 16.2. The first kappa shape index (κ1) is 22.8. The molecule has 0 saturated carbocycles. The van der Waals surface area contributed by atoms with Gasteiger partial charge in [-0.25, -0.2) is 19.1 Å². The number of rotatable bonds is 6. The molecule has 0 aliphatic heterocycles. The molecule has 0 radical (unpaired) electrons. The molecule has 3 aromatic heterocycles. The van der Waals surface area contributed by atoms with Crippen LogP contribution in [0.25, 0.3) is 11.5 Å². The molecule has 0 atom stereocenters. The molecule has 1 aromatic carbocycles. The molecular formula is C24H23N5O5. The van der Waals surface area contributed by atoms with Crippen LogP contribution in [0.1, 0.15) is 54.1 Å². The minimum atomic E-state index is -0.803. The number of benzene rings is 1. The average Bonchev–Trinajstić information content (AvgIpc) is 3.37. The van der Waals surface area contributed by atoms with Crippen LogP contribution in [0.2, 0.25) is 0 Å². The van der Waals surface area contributed by atoms with Gasteiger partial charge in [-0.3, -0.25) is 4.79 Å². The second-order valence-corrected chi connectivity index (χ2v) is 7.84. The summed E-state index contributed by atoms with van der Waals surface area (Å²) in [7, 11) is 1.32. The van der Waals surface area contributed by atoms with Crippen molar-refractivity contribution in [1.82, 2.24) is 24.1 Å². The maximum atomic E-state index is 12.8. The fourth-order valence-corrected chi connectivity index (χ4v) is 3.83. The van der Waals surface area contributed by atoms with Crippen LogP contribution in [-0.2, 0) is 9.47 Å². The van der Waals surface area contributed by atoms with Crippen LogP contribution in [0.3, 0.4) is 0 Å². The molecule has 0 N–H and O–H groups in total. The number of methoxy groups -OCH3 is 1. The van der Waals surface area contributed by atoms with E-state index in [-0.39, 0.29) is 17.4 Å². The summed E-state index contributed by atoms with van der Waals surface area (Å²) < 4.78 is 13.3. The van der Waals surface area contributed by atoms with E-state index >= 15 is 0 Å². The third-order valence-electron chi connectivity index (χ3n) is 5.41. The van der Waals surface area contributed by atoms with Crippen molar-refractivity contribution in [2.45, 2.75) is 27.7 Å². The number of esters is 2. The monoisotopic (exact) mass is 461 g/mol. The molecule has 0 spiro atoms. The van der Waals surface area contributed by atoms with Crippen molar-refractivity contribution >= 4 is 23.5 Å². The summed E-state index contributed by atoms with van der Waals surface area (Å²) in [5, 5.41) is 4.13. The molecule has 10 heteroatoms. The van der Waals surface area contributed by atoms with Gasteiger partial charge < -0.3 is 14.0 Å². The fourth-order valence-electron chi connectivity index (χ4n) is 3.83. The molecule has 34 heavy (non-hydrogen) atoms. The number of Topliss-reactive ketones (excluding diaryl/α,β-unsaturated/α-hetero) is 1. The van der Waals surface area contributed by atoms with E-state index in [4.69, 9.17) is 9.47 Å². The van der Waals surface area contributed by atoms with Crippen molar-refractivity contribution in [3.05, 3.63) is 76.1 Å². The summed E-state index contributed by atoms with van der Waals surface area (Å²) in [6, 6.07) is 10.4. The number of carbonyl (C=O) groups is 3. The molecule has 4 rings (SSSR count). The van der Waals surface area contributed by atoms with E-state index in [0.717, 1.165) is 22.8 Å². The lowest BCUT2D eigenvalue weighted by Crippen LogP contribution is -2.16. The largest absolute Gasteiger partial charge is 0.465 e. The van der Waals surface area contributed by atoms with Gasteiger partial charge in [0.15, 0.2) is 6.61 Å². The predicted octanol–water partition coefficient (Wildman–Crippen LogP) is 2.97. The molecule has 174 valence electrons. The highest BCUT2D eigenvalue weighted by Crippen LogP contribution is 2.22. The Morgan fingerprint density at radius 1 is 0.912 bits per heavy atom. The number of ether oxygens (including phenoxy) is 2. The molecule has 0 bridgehead atoms. The van der Waals surface area contributed by atoms with E-state index in [1.807, 2.05) is 31.4 Å². The molecule has 0 aliphatic rings. The number of hydrogen-bond acceptors (Lipinski definition) is 8. The molecule has 4 aromatic rings. The standard InChI is InChI=1S/C24H23N5O5/c1-13-10-15(3)29-24(25-13)26-21(27-29)23(32)34-12-20(30)19-11-14(2)28(16(19)4)18-8-6-17(7-9-18)22(31)33-5/h6-11H,12H2,1-5H3. The molecule has 3 heterocycles. The second kappa shape index (κ2) is 8.89. The molecule has 0 fully saturated rings. The van der Waals surface area contributed by atoms with Crippen LogP contribution in [0, 0.1) is 27.7 Å². The summed E-state index contributed by atoms with van der Waals surface area (Å²) in [4.78, 5) is 45.3. The lowest BCUT2D eigenvalue weighted by Gasteiger charge is -2.10. The Bertz CT molecular complexity index is 1430. The number of aromatic nitrogens is 5. The van der Waals surface area contributed by atoms with E-state index in [0.29, 0.717) is 16.8 Å². The van der Waals surface area contributed by atoms with Crippen molar-refractivity contribution in [2.24, 2.45) is 0 Å². The number of ketones is 1. The van der Waals surface area contributed by atoms with Crippen LogP contribution < -0.4 is 0 Å². The van der Waals surface area contributed by atoms with Crippen LogP contribution in [0.5, 0.6) is 0 Å². The van der Waals surface area contributed by atoms with Gasteiger partial charge in [0.25, 0.3) is 11.6 Å². The van der Waals surface area contributed by atoms with Crippen LogP contribution in [0.4, 0.5) is 0 Å². The molecule has 0 amide bonds. The van der Waals surface area contributed by atoms with E-state index < -0.39 is 18.5 Å². The number of aryl methyl sites for hydroxylation is 3. The first-order valence-electron chi connectivity index (χ1n) is 10.5. The smallest absolute Gasteiger partial charge is 0.378 e. The Morgan fingerprint density at radius 3 is 2.29 bits per heavy atom. The zero-order chi connectivity index (χ0) is 24.6. The van der Waals surface area contributed by atoms with E-state index in [1.54, 1.807) is 37.3 Å². The Hall–Kier alpha value is -4.34. The van der Waals surface area contributed by atoms with Crippen molar-refractivity contribution in [3.63, 3.8) is 0 Å². The van der Waals surface area contributed by atoms with Gasteiger partial charge in [0.2, 0.25) is 5.78 Å². The Balaban J connectivity index is 1.50. The van der Waals surface area contributed by atoms with Crippen molar-refractivity contribution < 1.29 is 23.9 Å². The lowest BCUT2D eigenvalue weighted by atomic mass is 10.1. The van der Waals surface area contributed by atoms with Crippen LogP contribution >= 0.6 is 0 Å². The predicted molar refractivity (Wildman–Crippen MR) is 121 cm³/mol. The van der Waals surface area contributed by atoms with Crippen LogP contribution in [0.15, 0.2) is 36.4 Å². The average molecular weight is 461 g/mol. The third-order valence-corrected chi connectivity index (χ3v) is 5.41. The highest BCUT2D eigenvalue weighted by Gasteiger charge is 2.21. The van der Waals surface area contributed by atoms with Gasteiger partial charge in [-0.05, 0) is 64.1 Å². The second-order valence-electron chi connectivity index (χ2n) is 7.84. The minimum Gasteiger partial charge on any atom is -0.465 e. The minimum absolute atomic E-state index is 0.162. The van der Waals surface area contributed by atoms with Crippen molar-refractivity contribution in [2.75, 3.05) is 13.7 Å². The van der Waals surface area contributed by atoms with Gasteiger partial charge in [0, 0.05) is 34.0 Å². The molecular weight excluding hydrogens is 438 g/mol. The Labute approximate surface area is 195 Å². The summed E-state index contributed by atoms with van der Waals surface area (Å²) in [5.74, 6) is -1.45. The Kier molecular flexibility index (Phi) is 5.97. The zero-order valence-electron chi connectivity index (χ0n) is 19.4. The summed E-state index contributed by atoms with van der Waals surface area (Å²) in [6.07, 6.45) is 0. The number of carbonyl (C=O) groups excluding carboxylic acids is 3. The summed E-state index contributed by atoms with van der Waals surface area (Å²) in [5.41, 5.74) is 4.67.